The number of hydrogen-bond acceptors (Lipinski definition) is 3. The first kappa shape index (κ1) is 13.8. The minimum atomic E-state index is 0.379. The summed E-state index contributed by atoms with van der Waals surface area (Å²) in [5, 5.41) is 8.20. The molecule has 0 aliphatic rings. The van der Waals surface area contributed by atoms with Gasteiger partial charge in [0, 0.05) is 9.75 Å². The minimum Gasteiger partial charge on any atom is -0.306 e. The van der Waals surface area contributed by atoms with Crippen molar-refractivity contribution in [2.24, 2.45) is 0 Å². The largest absolute Gasteiger partial charge is 0.306 e. The molecule has 2 rings (SSSR count). The first-order chi connectivity index (χ1) is 8.76. The second-order valence-electron chi connectivity index (χ2n) is 4.54. The molecule has 1 nitrogen and oxygen atoms in total. The van der Waals surface area contributed by atoms with Crippen molar-refractivity contribution in [1.29, 1.82) is 0 Å². The number of thiophene rings is 2. The molecule has 2 aromatic rings. The lowest BCUT2D eigenvalue weighted by molar-refractivity contribution is 0.604. The molecule has 2 heterocycles. The maximum absolute atomic E-state index is 3.69. The van der Waals surface area contributed by atoms with Crippen LogP contribution in [0.15, 0.2) is 22.9 Å². The minimum absolute atomic E-state index is 0.379. The number of rotatable bonds is 6. The van der Waals surface area contributed by atoms with Crippen molar-refractivity contribution in [3.05, 3.63) is 43.8 Å². The Morgan fingerprint density at radius 3 is 2.72 bits per heavy atom. The Kier molecular flexibility index (Phi) is 4.98. The van der Waals surface area contributed by atoms with Gasteiger partial charge in [-0.25, -0.2) is 0 Å². The van der Waals surface area contributed by atoms with Crippen LogP contribution in [0.4, 0.5) is 0 Å². The highest BCUT2D eigenvalue weighted by Gasteiger charge is 2.18. The van der Waals surface area contributed by atoms with E-state index in [-0.39, 0.29) is 0 Å². The van der Waals surface area contributed by atoms with Crippen molar-refractivity contribution < 1.29 is 0 Å². The van der Waals surface area contributed by atoms with Gasteiger partial charge in [-0.05, 0) is 60.3 Å². The smallest absolute Gasteiger partial charge is 0.0682 e. The van der Waals surface area contributed by atoms with E-state index in [1.807, 2.05) is 22.7 Å². The standard InChI is InChI=1S/C15H21NS2/c1-4-7-16-14(13-9-11(3)18-10-13)15-12(5-2)6-8-17-15/h6,8-10,14,16H,4-5,7H2,1-3H3. The molecule has 98 valence electrons. The van der Waals surface area contributed by atoms with Gasteiger partial charge in [0.1, 0.15) is 0 Å². The molecular formula is C15H21NS2. The Bertz CT molecular complexity index is 484. The molecule has 0 amide bonds. The Labute approximate surface area is 118 Å². The van der Waals surface area contributed by atoms with Crippen molar-refractivity contribution in [3.63, 3.8) is 0 Å². The van der Waals surface area contributed by atoms with E-state index >= 15 is 0 Å². The van der Waals surface area contributed by atoms with Crippen LogP contribution in [0.5, 0.6) is 0 Å². The maximum Gasteiger partial charge on any atom is 0.0682 e. The quantitative estimate of drug-likeness (QED) is 0.803. The van der Waals surface area contributed by atoms with Crippen molar-refractivity contribution >= 4 is 22.7 Å². The zero-order chi connectivity index (χ0) is 13.0. The average molecular weight is 279 g/mol. The van der Waals surface area contributed by atoms with Crippen LogP contribution < -0.4 is 5.32 Å². The monoisotopic (exact) mass is 279 g/mol. The van der Waals surface area contributed by atoms with Crippen LogP contribution in [0.25, 0.3) is 0 Å². The Hall–Kier alpha value is -0.640. The molecular weight excluding hydrogens is 258 g/mol. The summed E-state index contributed by atoms with van der Waals surface area (Å²) in [6.45, 7) is 7.71. The fourth-order valence-corrected chi connectivity index (χ4v) is 3.99. The van der Waals surface area contributed by atoms with E-state index in [4.69, 9.17) is 0 Å². The third kappa shape index (κ3) is 3.02. The van der Waals surface area contributed by atoms with E-state index in [1.54, 1.807) is 0 Å². The van der Waals surface area contributed by atoms with E-state index in [0.717, 1.165) is 13.0 Å². The Morgan fingerprint density at radius 2 is 2.11 bits per heavy atom. The number of nitrogens with one attached hydrogen (secondary N) is 1. The van der Waals surface area contributed by atoms with Crippen molar-refractivity contribution in [2.45, 2.75) is 39.7 Å². The molecule has 0 spiro atoms. The SMILES string of the molecule is CCCNC(c1csc(C)c1)c1sccc1CC. The van der Waals surface area contributed by atoms with Crippen molar-refractivity contribution in [1.82, 2.24) is 5.32 Å². The Morgan fingerprint density at radius 1 is 1.28 bits per heavy atom. The molecule has 1 atom stereocenters. The highest BCUT2D eigenvalue weighted by Crippen LogP contribution is 2.32. The second-order valence-corrected chi connectivity index (χ2v) is 6.60. The van der Waals surface area contributed by atoms with Crippen LogP contribution in [-0.4, -0.2) is 6.54 Å². The normalized spacial score (nSPS) is 12.8. The summed E-state index contributed by atoms with van der Waals surface area (Å²) in [6.07, 6.45) is 2.29. The molecule has 0 aliphatic heterocycles. The van der Waals surface area contributed by atoms with Gasteiger partial charge in [-0.3, -0.25) is 0 Å². The summed E-state index contributed by atoms with van der Waals surface area (Å²) in [5.41, 5.74) is 2.90. The lowest BCUT2D eigenvalue weighted by Crippen LogP contribution is -2.22. The van der Waals surface area contributed by atoms with Gasteiger partial charge < -0.3 is 5.32 Å². The van der Waals surface area contributed by atoms with Crippen molar-refractivity contribution in [2.75, 3.05) is 6.54 Å². The molecule has 0 aromatic carbocycles. The molecule has 1 N–H and O–H groups in total. The highest BCUT2D eigenvalue weighted by atomic mass is 32.1. The van der Waals surface area contributed by atoms with Crippen LogP contribution in [0.3, 0.4) is 0 Å². The van der Waals surface area contributed by atoms with Gasteiger partial charge >= 0.3 is 0 Å². The number of aryl methyl sites for hydroxylation is 2. The van der Waals surface area contributed by atoms with E-state index in [9.17, 15) is 0 Å². The van der Waals surface area contributed by atoms with Crippen LogP contribution in [0.2, 0.25) is 0 Å². The van der Waals surface area contributed by atoms with E-state index in [2.05, 4.69) is 49.0 Å². The molecule has 0 saturated heterocycles. The van der Waals surface area contributed by atoms with Crippen LogP contribution in [-0.2, 0) is 6.42 Å². The average Bonchev–Trinajstić information content (AvgIpc) is 2.99. The van der Waals surface area contributed by atoms with Crippen molar-refractivity contribution in [3.8, 4) is 0 Å². The van der Waals surface area contributed by atoms with E-state index in [1.165, 1.54) is 27.3 Å². The molecule has 0 saturated carbocycles. The summed E-state index contributed by atoms with van der Waals surface area (Å²) in [5.74, 6) is 0. The molecule has 0 bridgehead atoms. The maximum atomic E-state index is 3.69. The predicted octanol–water partition coefficient (Wildman–Crippen LogP) is 4.77. The fourth-order valence-electron chi connectivity index (χ4n) is 2.16. The molecule has 3 heteroatoms. The summed E-state index contributed by atoms with van der Waals surface area (Å²) in [6, 6.07) is 4.96. The van der Waals surface area contributed by atoms with Gasteiger partial charge in [0.2, 0.25) is 0 Å². The predicted molar refractivity (Wildman–Crippen MR) is 82.9 cm³/mol. The van der Waals surface area contributed by atoms with E-state index < -0.39 is 0 Å². The lowest BCUT2D eigenvalue weighted by Gasteiger charge is -2.18. The molecule has 18 heavy (non-hydrogen) atoms. The zero-order valence-electron chi connectivity index (χ0n) is 11.3. The first-order valence-corrected chi connectivity index (χ1v) is 8.36. The third-order valence-corrected chi connectivity index (χ3v) is 5.01. The number of hydrogen-bond donors (Lipinski definition) is 1. The summed E-state index contributed by atoms with van der Waals surface area (Å²) >= 11 is 3.72. The lowest BCUT2D eigenvalue weighted by atomic mass is 10.0. The first-order valence-electron chi connectivity index (χ1n) is 6.61. The topological polar surface area (TPSA) is 12.0 Å². The second kappa shape index (κ2) is 6.50. The zero-order valence-corrected chi connectivity index (χ0v) is 13.0. The van der Waals surface area contributed by atoms with Gasteiger partial charge in [-0.15, -0.1) is 22.7 Å². The Balaban J connectivity index is 2.30. The van der Waals surface area contributed by atoms with Gasteiger partial charge in [-0.2, -0.15) is 0 Å². The summed E-state index contributed by atoms with van der Waals surface area (Å²) in [7, 11) is 0. The van der Waals surface area contributed by atoms with Gasteiger partial charge in [-0.1, -0.05) is 13.8 Å². The third-order valence-electron chi connectivity index (χ3n) is 3.11. The summed E-state index contributed by atoms with van der Waals surface area (Å²) in [4.78, 5) is 2.88. The summed E-state index contributed by atoms with van der Waals surface area (Å²) < 4.78 is 0. The molecule has 2 aromatic heterocycles. The molecule has 0 fully saturated rings. The highest BCUT2D eigenvalue weighted by molar-refractivity contribution is 7.10. The molecule has 1 unspecified atom stereocenters. The van der Waals surface area contributed by atoms with Gasteiger partial charge in [0.05, 0.1) is 6.04 Å². The van der Waals surface area contributed by atoms with Crippen LogP contribution >= 0.6 is 22.7 Å². The van der Waals surface area contributed by atoms with Gasteiger partial charge in [0.25, 0.3) is 0 Å². The van der Waals surface area contributed by atoms with Crippen LogP contribution in [0, 0.1) is 6.92 Å². The molecule has 0 aliphatic carbocycles. The van der Waals surface area contributed by atoms with Gasteiger partial charge in [0.15, 0.2) is 0 Å². The van der Waals surface area contributed by atoms with E-state index in [0.29, 0.717) is 6.04 Å². The fraction of sp³-hybridized carbons (Fsp3) is 0.467. The van der Waals surface area contributed by atoms with Crippen LogP contribution in [0.1, 0.15) is 47.2 Å². The molecule has 0 radical (unpaired) electrons.